The van der Waals surface area contributed by atoms with Crippen molar-refractivity contribution in [3.05, 3.63) is 0 Å². The van der Waals surface area contributed by atoms with Crippen LogP contribution >= 0.6 is 0 Å². The van der Waals surface area contributed by atoms with Gasteiger partial charge in [0.1, 0.15) is 0 Å². The molecule has 0 aromatic carbocycles. The van der Waals surface area contributed by atoms with Crippen molar-refractivity contribution in [2.24, 2.45) is 0 Å². The summed E-state index contributed by atoms with van der Waals surface area (Å²) in [5.41, 5.74) is 0. The Labute approximate surface area is 100 Å². The average Bonchev–Trinajstić information content (AvgIpc) is 2.34. The smallest absolute Gasteiger partial charge is 0.0431 e. The van der Waals surface area contributed by atoms with E-state index in [4.69, 9.17) is 5.11 Å². The molecule has 1 fully saturated rings. The van der Waals surface area contributed by atoms with Crippen molar-refractivity contribution in [3.8, 4) is 0 Å². The number of piperazine rings is 1. The molecule has 0 bridgehead atoms. The lowest BCUT2D eigenvalue weighted by molar-refractivity contribution is 0.0991. The molecule has 3 heteroatoms. The molecule has 1 atom stereocenters. The molecular formula is C13H28N2O. The lowest BCUT2D eigenvalue weighted by Crippen LogP contribution is -2.49. The number of hydrogen-bond donors (Lipinski definition) is 1. The molecule has 1 heterocycles. The van der Waals surface area contributed by atoms with Crippen molar-refractivity contribution in [2.45, 2.75) is 45.6 Å². The summed E-state index contributed by atoms with van der Waals surface area (Å²) >= 11 is 0. The molecule has 96 valence electrons. The first-order valence-corrected chi connectivity index (χ1v) is 6.85. The average molecular weight is 228 g/mol. The van der Waals surface area contributed by atoms with Gasteiger partial charge in [-0.25, -0.2) is 0 Å². The van der Waals surface area contributed by atoms with Crippen LogP contribution in [0.3, 0.4) is 0 Å². The van der Waals surface area contributed by atoms with Gasteiger partial charge in [0, 0.05) is 38.8 Å². The summed E-state index contributed by atoms with van der Waals surface area (Å²) in [6, 6.07) is 0.747. The van der Waals surface area contributed by atoms with Crippen LogP contribution in [0.4, 0.5) is 0 Å². The van der Waals surface area contributed by atoms with Crippen LogP contribution in [0.1, 0.15) is 39.5 Å². The Hall–Kier alpha value is -0.120. The number of aliphatic hydroxyl groups excluding tert-OH is 1. The van der Waals surface area contributed by atoms with Gasteiger partial charge in [-0.3, -0.25) is 4.90 Å². The van der Waals surface area contributed by atoms with Gasteiger partial charge in [0.05, 0.1) is 0 Å². The highest BCUT2D eigenvalue weighted by atomic mass is 16.2. The molecule has 1 rings (SSSR count). The van der Waals surface area contributed by atoms with E-state index in [0.29, 0.717) is 6.61 Å². The number of rotatable bonds is 7. The van der Waals surface area contributed by atoms with Crippen molar-refractivity contribution in [1.82, 2.24) is 9.80 Å². The largest absolute Gasteiger partial charge is 0.396 e. The van der Waals surface area contributed by atoms with Gasteiger partial charge in [0.15, 0.2) is 0 Å². The van der Waals surface area contributed by atoms with Gasteiger partial charge in [-0.2, -0.15) is 0 Å². The van der Waals surface area contributed by atoms with E-state index in [-0.39, 0.29) is 0 Å². The molecule has 0 aliphatic carbocycles. The summed E-state index contributed by atoms with van der Waals surface area (Å²) in [6.45, 7) is 11.1. The number of unbranched alkanes of at least 4 members (excludes halogenated alkanes) is 2. The molecule has 1 unspecified atom stereocenters. The molecule has 16 heavy (non-hydrogen) atoms. The second-order valence-electron chi connectivity index (χ2n) is 4.92. The van der Waals surface area contributed by atoms with Gasteiger partial charge in [-0.05, 0) is 39.2 Å². The van der Waals surface area contributed by atoms with Crippen LogP contribution in [0.25, 0.3) is 0 Å². The second kappa shape index (κ2) is 8.04. The van der Waals surface area contributed by atoms with Gasteiger partial charge < -0.3 is 10.0 Å². The summed E-state index contributed by atoms with van der Waals surface area (Å²) in [5, 5.41) is 8.71. The zero-order valence-corrected chi connectivity index (χ0v) is 11.0. The minimum atomic E-state index is 0.349. The van der Waals surface area contributed by atoms with Crippen molar-refractivity contribution < 1.29 is 5.11 Å². The molecule has 1 aliphatic rings. The Bertz CT molecular complexity index is 167. The highest BCUT2D eigenvalue weighted by Gasteiger charge is 2.19. The SMILES string of the molecule is CCC(C)N1CCN(CCCCCO)CC1. The van der Waals surface area contributed by atoms with E-state index in [9.17, 15) is 0 Å². The van der Waals surface area contributed by atoms with Crippen molar-refractivity contribution in [3.63, 3.8) is 0 Å². The molecule has 1 saturated heterocycles. The molecule has 3 nitrogen and oxygen atoms in total. The monoisotopic (exact) mass is 228 g/mol. The van der Waals surface area contributed by atoms with Gasteiger partial charge in [-0.1, -0.05) is 6.92 Å². The lowest BCUT2D eigenvalue weighted by atomic mass is 10.1. The maximum absolute atomic E-state index is 8.71. The van der Waals surface area contributed by atoms with Crippen LogP contribution in [-0.2, 0) is 0 Å². The summed E-state index contributed by atoms with van der Waals surface area (Å²) in [5.74, 6) is 0. The van der Waals surface area contributed by atoms with Crippen molar-refractivity contribution >= 4 is 0 Å². The lowest BCUT2D eigenvalue weighted by Gasteiger charge is -2.37. The fourth-order valence-corrected chi connectivity index (χ4v) is 2.31. The number of hydrogen-bond acceptors (Lipinski definition) is 3. The quantitative estimate of drug-likeness (QED) is 0.670. The Morgan fingerprint density at radius 2 is 1.75 bits per heavy atom. The topological polar surface area (TPSA) is 26.7 Å². The second-order valence-corrected chi connectivity index (χ2v) is 4.92. The fourth-order valence-electron chi connectivity index (χ4n) is 2.31. The van der Waals surface area contributed by atoms with Gasteiger partial charge >= 0.3 is 0 Å². The summed E-state index contributed by atoms with van der Waals surface area (Å²) in [4.78, 5) is 5.17. The molecule has 1 N–H and O–H groups in total. The first-order chi connectivity index (χ1) is 7.77. The van der Waals surface area contributed by atoms with E-state index in [2.05, 4.69) is 23.6 Å². The first kappa shape index (κ1) is 13.9. The predicted molar refractivity (Wildman–Crippen MR) is 68.7 cm³/mol. The van der Waals surface area contributed by atoms with Crippen molar-refractivity contribution in [2.75, 3.05) is 39.3 Å². The molecule has 0 aromatic rings. The van der Waals surface area contributed by atoms with Crippen LogP contribution in [0.5, 0.6) is 0 Å². The highest BCUT2D eigenvalue weighted by Crippen LogP contribution is 2.09. The van der Waals surface area contributed by atoms with Crippen LogP contribution in [0.2, 0.25) is 0 Å². The van der Waals surface area contributed by atoms with E-state index in [1.807, 2.05) is 0 Å². The maximum atomic E-state index is 8.71. The van der Waals surface area contributed by atoms with E-state index in [1.54, 1.807) is 0 Å². The third-order valence-electron chi connectivity index (χ3n) is 3.75. The Kier molecular flexibility index (Phi) is 7.01. The third-order valence-corrected chi connectivity index (χ3v) is 3.75. The predicted octanol–water partition coefficient (Wildman–Crippen LogP) is 1.57. The zero-order valence-electron chi connectivity index (χ0n) is 11.0. The van der Waals surface area contributed by atoms with Gasteiger partial charge in [0.2, 0.25) is 0 Å². The molecule has 0 saturated carbocycles. The normalized spacial score (nSPS) is 21.2. The molecule has 0 aromatic heterocycles. The Morgan fingerprint density at radius 3 is 2.31 bits per heavy atom. The Morgan fingerprint density at radius 1 is 1.06 bits per heavy atom. The summed E-state index contributed by atoms with van der Waals surface area (Å²) in [7, 11) is 0. The van der Waals surface area contributed by atoms with E-state index >= 15 is 0 Å². The van der Waals surface area contributed by atoms with Crippen LogP contribution in [0, 0.1) is 0 Å². The third kappa shape index (κ3) is 4.81. The first-order valence-electron chi connectivity index (χ1n) is 6.85. The zero-order chi connectivity index (χ0) is 11.8. The van der Waals surface area contributed by atoms with E-state index in [1.165, 1.54) is 52.0 Å². The Balaban J connectivity index is 2.07. The highest BCUT2D eigenvalue weighted by molar-refractivity contribution is 4.75. The van der Waals surface area contributed by atoms with Crippen LogP contribution in [0.15, 0.2) is 0 Å². The molecule has 0 amide bonds. The van der Waals surface area contributed by atoms with Gasteiger partial charge in [-0.15, -0.1) is 0 Å². The molecular weight excluding hydrogens is 200 g/mol. The fraction of sp³-hybridized carbons (Fsp3) is 1.00. The van der Waals surface area contributed by atoms with Gasteiger partial charge in [0.25, 0.3) is 0 Å². The van der Waals surface area contributed by atoms with Crippen LogP contribution in [-0.4, -0.2) is 60.3 Å². The maximum Gasteiger partial charge on any atom is 0.0431 e. The van der Waals surface area contributed by atoms with E-state index in [0.717, 1.165) is 12.5 Å². The number of nitrogens with zero attached hydrogens (tertiary/aromatic N) is 2. The minimum absolute atomic E-state index is 0.349. The number of aliphatic hydroxyl groups is 1. The molecule has 0 radical (unpaired) electrons. The minimum Gasteiger partial charge on any atom is -0.396 e. The van der Waals surface area contributed by atoms with Crippen LogP contribution < -0.4 is 0 Å². The molecule has 0 spiro atoms. The summed E-state index contributed by atoms with van der Waals surface area (Å²) < 4.78 is 0. The van der Waals surface area contributed by atoms with E-state index < -0.39 is 0 Å². The summed E-state index contributed by atoms with van der Waals surface area (Å²) in [6.07, 6.45) is 4.63. The standard InChI is InChI=1S/C13H28N2O/c1-3-13(2)15-10-8-14(9-11-15)7-5-4-6-12-16/h13,16H,3-12H2,1-2H3. The molecule has 1 aliphatic heterocycles. The van der Waals surface area contributed by atoms with Crippen molar-refractivity contribution in [1.29, 1.82) is 0 Å².